The second-order valence-electron chi connectivity index (χ2n) is 4.44. The molecule has 0 aliphatic rings. The van der Waals surface area contributed by atoms with Gasteiger partial charge < -0.3 is 4.74 Å². The molecule has 0 aliphatic heterocycles. The molecule has 0 atom stereocenters. The largest absolute Gasteiger partial charge is 0.497 e. The number of hydrogen-bond donors (Lipinski definition) is 0. The van der Waals surface area contributed by atoms with Crippen molar-refractivity contribution in [2.24, 2.45) is 0 Å². The normalized spacial score (nSPS) is 10.3. The first-order valence-corrected chi connectivity index (χ1v) is 7.57. The van der Waals surface area contributed by atoms with Crippen molar-refractivity contribution < 1.29 is 9.53 Å². The summed E-state index contributed by atoms with van der Waals surface area (Å²) in [4.78, 5) is 13.8. The molecule has 0 spiro atoms. The van der Waals surface area contributed by atoms with Crippen LogP contribution in [0.5, 0.6) is 5.75 Å². The molecule has 0 saturated carbocycles. The van der Waals surface area contributed by atoms with E-state index >= 15 is 0 Å². The number of carbonyl (C=O) groups is 1. The van der Waals surface area contributed by atoms with Crippen molar-refractivity contribution in [1.82, 2.24) is 0 Å². The molecule has 2 nitrogen and oxygen atoms in total. The fourth-order valence-corrected chi connectivity index (χ4v) is 2.85. The van der Waals surface area contributed by atoms with Crippen molar-refractivity contribution in [3.05, 3.63) is 59.2 Å². The quantitative estimate of drug-likeness (QED) is 0.604. The lowest BCUT2D eigenvalue weighted by molar-refractivity contribution is 0.103. The first kappa shape index (κ1) is 14.7. The van der Waals surface area contributed by atoms with Crippen LogP contribution in [0.25, 0.3) is 0 Å². The molecule has 3 heteroatoms. The summed E-state index contributed by atoms with van der Waals surface area (Å²) in [5, 5.41) is 0. The third-order valence-corrected chi connectivity index (χ3v) is 4.08. The van der Waals surface area contributed by atoms with Crippen molar-refractivity contribution in [3.63, 3.8) is 0 Å². The lowest BCUT2D eigenvalue weighted by Gasteiger charge is -2.11. The number of benzene rings is 2. The second kappa shape index (κ2) is 6.62. The molecule has 2 aromatic rings. The Kier molecular flexibility index (Phi) is 4.85. The fourth-order valence-electron chi connectivity index (χ4n) is 2.07. The Labute approximate surface area is 124 Å². The highest BCUT2D eigenvalue weighted by atomic mass is 32.2. The fraction of sp³-hybridized carbons (Fsp3) is 0.235. The molecule has 0 unspecified atom stereocenters. The highest BCUT2D eigenvalue weighted by molar-refractivity contribution is 7.99. The molecule has 0 bridgehead atoms. The van der Waals surface area contributed by atoms with Crippen molar-refractivity contribution in [2.45, 2.75) is 18.7 Å². The number of thioether (sulfide) groups is 1. The van der Waals surface area contributed by atoms with E-state index in [1.165, 1.54) is 0 Å². The Morgan fingerprint density at radius 2 is 1.90 bits per heavy atom. The Morgan fingerprint density at radius 3 is 2.55 bits per heavy atom. The van der Waals surface area contributed by atoms with Gasteiger partial charge in [0.15, 0.2) is 5.78 Å². The van der Waals surface area contributed by atoms with Crippen LogP contribution >= 0.6 is 11.8 Å². The topological polar surface area (TPSA) is 26.3 Å². The summed E-state index contributed by atoms with van der Waals surface area (Å²) < 4.78 is 5.24. The smallest absolute Gasteiger partial charge is 0.194 e. The zero-order valence-electron chi connectivity index (χ0n) is 12.0. The number of methoxy groups -OCH3 is 1. The van der Waals surface area contributed by atoms with Crippen LogP contribution in [-0.2, 0) is 0 Å². The Morgan fingerprint density at radius 1 is 1.15 bits per heavy atom. The van der Waals surface area contributed by atoms with Crippen LogP contribution in [0.3, 0.4) is 0 Å². The number of ketones is 1. The molecule has 0 radical (unpaired) electrons. The number of ether oxygens (including phenoxy) is 1. The SMILES string of the molecule is CCSc1ccc(OC)cc1C(=O)c1ccccc1C. The van der Waals surface area contributed by atoms with Crippen molar-refractivity contribution in [1.29, 1.82) is 0 Å². The standard InChI is InChI=1S/C17H18O2S/c1-4-20-16-10-9-13(19-3)11-15(16)17(18)14-8-6-5-7-12(14)2/h5-11H,4H2,1-3H3. The van der Waals surface area contributed by atoms with E-state index in [9.17, 15) is 4.79 Å². The van der Waals surface area contributed by atoms with Crippen LogP contribution < -0.4 is 4.74 Å². The van der Waals surface area contributed by atoms with Gasteiger partial charge in [-0.05, 0) is 36.4 Å². The maximum Gasteiger partial charge on any atom is 0.194 e. The van der Waals surface area contributed by atoms with Gasteiger partial charge in [-0.3, -0.25) is 4.79 Å². The molecule has 0 aromatic heterocycles. The molecule has 0 saturated heterocycles. The summed E-state index contributed by atoms with van der Waals surface area (Å²) in [7, 11) is 1.62. The Bertz CT molecular complexity index is 620. The lowest BCUT2D eigenvalue weighted by atomic mass is 9.99. The molecule has 104 valence electrons. The summed E-state index contributed by atoms with van der Waals surface area (Å²) in [6, 6.07) is 13.3. The number of hydrogen-bond acceptors (Lipinski definition) is 3. The van der Waals surface area contributed by atoms with Crippen LogP contribution in [0.4, 0.5) is 0 Å². The zero-order chi connectivity index (χ0) is 14.5. The van der Waals surface area contributed by atoms with E-state index in [0.717, 1.165) is 21.8 Å². The van der Waals surface area contributed by atoms with Gasteiger partial charge in [0, 0.05) is 16.0 Å². The van der Waals surface area contributed by atoms with E-state index in [0.29, 0.717) is 11.3 Å². The summed E-state index contributed by atoms with van der Waals surface area (Å²) >= 11 is 1.67. The van der Waals surface area contributed by atoms with Crippen LogP contribution in [0.2, 0.25) is 0 Å². The predicted molar refractivity (Wildman–Crippen MR) is 84.0 cm³/mol. The summed E-state index contributed by atoms with van der Waals surface area (Å²) in [6.07, 6.45) is 0. The highest BCUT2D eigenvalue weighted by Crippen LogP contribution is 2.29. The number of rotatable bonds is 5. The van der Waals surface area contributed by atoms with Gasteiger partial charge in [0.05, 0.1) is 7.11 Å². The number of aryl methyl sites for hydroxylation is 1. The lowest BCUT2D eigenvalue weighted by Crippen LogP contribution is -2.05. The van der Waals surface area contributed by atoms with E-state index < -0.39 is 0 Å². The molecule has 0 N–H and O–H groups in total. The van der Waals surface area contributed by atoms with Crippen LogP contribution in [0.15, 0.2) is 47.4 Å². The average molecular weight is 286 g/mol. The van der Waals surface area contributed by atoms with Gasteiger partial charge in [-0.15, -0.1) is 11.8 Å². The first-order valence-electron chi connectivity index (χ1n) is 6.58. The van der Waals surface area contributed by atoms with Crippen LogP contribution in [-0.4, -0.2) is 18.6 Å². The summed E-state index contributed by atoms with van der Waals surface area (Å²) in [5.41, 5.74) is 2.46. The summed E-state index contributed by atoms with van der Waals surface area (Å²) in [6.45, 7) is 4.04. The molecule has 0 fully saturated rings. The molecular formula is C17H18O2S. The van der Waals surface area contributed by atoms with E-state index in [1.54, 1.807) is 18.9 Å². The van der Waals surface area contributed by atoms with Crippen LogP contribution in [0.1, 0.15) is 28.4 Å². The zero-order valence-corrected chi connectivity index (χ0v) is 12.8. The van der Waals surface area contributed by atoms with Gasteiger partial charge >= 0.3 is 0 Å². The average Bonchev–Trinajstić information content (AvgIpc) is 2.48. The Balaban J connectivity index is 2.49. The molecule has 0 aliphatic carbocycles. The van der Waals surface area contributed by atoms with Gasteiger partial charge in [-0.1, -0.05) is 31.2 Å². The van der Waals surface area contributed by atoms with E-state index in [1.807, 2.05) is 49.4 Å². The van der Waals surface area contributed by atoms with Crippen molar-refractivity contribution in [2.75, 3.05) is 12.9 Å². The van der Waals surface area contributed by atoms with Crippen molar-refractivity contribution in [3.8, 4) is 5.75 Å². The maximum atomic E-state index is 12.8. The van der Waals surface area contributed by atoms with Gasteiger partial charge in [0.1, 0.15) is 5.75 Å². The minimum atomic E-state index is 0.0537. The van der Waals surface area contributed by atoms with E-state index in [4.69, 9.17) is 4.74 Å². The minimum Gasteiger partial charge on any atom is -0.497 e. The third kappa shape index (κ3) is 3.05. The number of carbonyl (C=O) groups excluding carboxylic acids is 1. The van der Waals surface area contributed by atoms with Gasteiger partial charge in [-0.25, -0.2) is 0 Å². The molecule has 0 heterocycles. The maximum absolute atomic E-state index is 12.8. The molecular weight excluding hydrogens is 268 g/mol. The molecule has 20 heavy (non-hydrogen) atoms. The molecule has 0 amide bonds. The van der Waals surface area contributed by atoms with Crippen molar-refractivity contribution >= 4 is 17.5 Å². The Hall–Kier alpha value is -1.74. The molecule has 2 rings (SSSR count). The molecule has 2 aromatic carbocycles. The van der Waals surface area contributed by atoms with E-state index in [-0.39, 0.29) is 5.78 Å². The third-order valence-electron chi connectivity index (χ3n) is 3.12. The summed E-state index contributed by atoms with van der Waals surface area (Å²) in [5.74, 6) is 1.70. The monoisotopic (exact) mass is 286 g/mol. The highest BCUT2D eigenvalue weighted by Gasteiger charge is 2.16. The van der Waals surface area contributed by atoms with Gasteiger partial charge in [-0.2, -0.15) is 0 Å². The second-order valence-corrected chi connectivity index (χ2v) is 5.74. The van der Waals surface area contributed by atoms with Gasteiger partial charge in [0.2, 0.25) is 0 Å². The van der Waals surface area contributed by atoms with Crippen LogP contribution in [0, 0.1) is 6.92 Å². The minimum absolute atomic E-state index is 0.0537. The predicted octanol–water partition coefficient (Wildman–Crippen LogP) is 4.35. The first-order chi connectivity index (χ1) is 9.67. The van der Waals surface area contributed by atoms with E-state index in [2.05, 4.69) is 6.92 Å². The van der Waals surface area contributed by atoms with Gasteiger partial charge in [0.25, 0.3) is 0 Å².